The van der Waals surface area contributed by atoms with Crippen LogP contribution in [0.5, 0.6) is 0 Å². The van der Waals surface area contributed by atoms with Crippen LogP contribution in [0.3, 0.4) is 0 Å². The predicted octanol–water partition coefficient (Wildman–Crippen LogP) is 1.70. The van der Waals surface area contributed by atoms with Crippen molar-refractivity contribution >= 4 is 34.4 Å². The third-order valence-corrected chi connectivity index (χ3v) is 3.21. The van der Waals surface area contributed by atoms with Crippen LogP contribution in [-0.2, 0) is 4.79 Å². The van der Waals surface area contributed by atoms with E-state index in [0.717, 1.165) is 5.69 Å². The zero-order chi connectivity index (χ0) is 10.3. The summed E-state index contributed by atoms with van der Waals surface area (Å²) in [5.41, 5.74) is 1.47. The summed E-state index contributed by atoms with van der Waals surface area (Å²) in [4.78, 5) is 23.2. The van der Waals surface area contributed by atoms with E-state index in [-0.39, 0.29) is 17.7 Å². The SMILES string of the molecule is CC(=O)c1scc2c1NC(=O)C(C)N2. The van der Waals surface area contributed by atoms with Gasteiger partial charge in [0.1, 0.15) is 6.04 Å². The number of hydrogen-bond acceptors (Lipinski definition) is 4. The Labute approximate surface area is 85.3 Å². The van der Waals surface area contributed by atoms with E-state index < -0.39 is 0 Å². The molecule has 1 atom stereocenters. The normalized spacial score (nSPS) is 19.6. The summed E-state index contributed by atoms with van der Waals surface area (Å²) in [6.45, 7) is 3.28. The van der Waals surface area contributed by atoms with E-state index >= 15 is 0 Å². The summed E-state index contributed by atoms with van der Waals surface area (Å²) >= 11 is 1.35. The van der Waals surface area contributed by atoms with Crippen LogP contribution in [0, 0.1) is 0 Å². The molecule has 14 heavy (non-hydrogen) atoms. The Morgan fingerprint density at radius 1 is 1.57 bits per heavy atom. The van der Waals surface area contributed by atoms with Crippen molar-refractivity contribution in [2.24, 2.45) is 0 Å². The number of amides is 1. The van der Waals surface area contributed by atoms with Gasteiger partial charge in [0.15, 0.2) is 5.78 Å². The number of ketones is 1. The second-order valence-corrected chi connectivity index (χ2v) is 4.14. The van der Waals surface area contributed by atoms with E-state index in [1.165, 1.54) is 18.3 Å². The highest BCUT2D eigenvalue weighted by Gasteiger charge is 2.26. The number of Topliss-reactive ketones (excluding diaryl/α,β-unsaturated/α-hetero) is 1. The van der Waals surface area contributed by atoms with Crippen LogP contribution in [0.2, 0.25) is 0 Å². The summed E-state index contributed by atoms with van der Waals surface area (Å²) < 4.78 is 0. The molecule has 74 valence electrons. The highest BCUT2D eigenvalue weighted by Crippen LogP contribution is 2.36. The Hall–Kier alpha value is -1.36. The van der Waals surface area contributed by atoms with Crippen molar-refractivity contribution in [1.82, 2.24) is 0 Å². The van der Waals surface area contributed by atoms with Crippen LogP contribution in [0.1, 0.15) is 23.5 Å². The molecule has 0 bridgehead atoms. The number of hydrogen-bond donors (Lipinski definition) is 2. The molecule has 2 N–H and O–H groups in total. The lowest BCUT2D eigenvalue weighted by Gasteiger charge is -2.21. The van der Waals surface area contributed by atoms with Gasteiger partial charge in [0.05, 0.1) is 16.3 Å². The van der Waals surface area contributed by atoms with E-state index in [1.54, 1.807) is 6.92 Å². The first-order chi connectivity index (χ1) is 6.59. The van der Waals surface area contributed by atoms with Gasteiger partial charge in [0, 0.05) is 12.3 Å². The number of carbonyl (C=O) groups excluding carboxylic acids is 2. The zero-order valence-corrected chi connectivity index (χ0v) is 8.70. The number of fused-ring (bicyclic) bond motifs is 1. The minimum atomic E-state index is -0.239. The standard InChI is InChI=1S/C9H10N2O2S/c1-4-9(13)11-7-6(10-4)3-14-8(7)5(2)12/h3-4,10H,1-2H3,(H,11,13). The molecule has 4 nitrogen and oxygen atoms in total. The van der Waals surface area contributed by atoms with Crippen LogP contribution >= 0.6 is 11.3 Å². The molecule has 0 fully saturated rings. The van der Waals surface area contributed by atoms with Gasteiger partial charge in [-0.2, -0.15) is 0 Å². The summed E-state index contributed by atoms with van der Waals surface area (Å²) in [7, 11) is 0. The molecule has 0 spiro atoms. The van der Waals surface area contributed by atoms with Crippen LogP contribution in [0.4, 0.5) is 11.4 Å². The lowest BCUT2D eigenvalue weighted by molar-refractivity contribution is -0.116. The highest BCUT2D eigenvalue weighted by molar-refractivity contribution is 7.13. The maximum absolute atomic E-state index is 11.3. The maximum Gasteiger partial charge on any atom is 0.246 e. The summed E-state index contributed by atoms with van der Waals surface area (Å²) in [5.74, 6) is -0.119. The average Bonchev–Trinajstić information content (AvgIpc) is 2.48. The number of carbonyl (C=O) groups is 2. The fraction of sp³-hybridized carbons (Fsp3) is 0.333. The third-order valence-electron chi connectivity index (χ3n) is 2.12. The highest BCUT2D eigenvalue weighted by atomic mass is 32.1. The van der Waals surface area contributed by atoms with Crippen molar-refractivity contribution in [2.75, 3.05) is 10.6 Å². The molecule has 1 amide bonds. The van der Waals surface area contributed by atoms with Gasteiger partial charge < -0.3 is 10.6 Å². The first kappa shape index (κ1) is 9.21. The summed E-state index contributed by atoms with van der Waals surface area (Å²) in [6.07, 6.45) is 0. The molecular weight excluding hydrogens is 200 g/mol. The van der Waals surface area contributed by atoms with Gasteiger partial charge >= 0.3 is 0 Å². The Bertz CT molecular complexity index is 411. The summed E-state index contributed by atoms with van der Waals surface area (Å²) in [5, 5.41) is 7.61. The molecule has 0 saturated heterocycles. The lowest BCUT2D eigenvalue weighted by atomic mass is 10.2. The zero-order valence-electron chi connectivity index (χ0n) is 7.88. The molecule has 1 aromatic rings. The van der Waals surface area contributed by atoms with Gasteiger partial charge in [-0.25, -0.2) is 0 Å². The minimum absolute atomic E-state index is 0.0205. The molecule has 1 unspecified atom stereocenters. The average molecular weight is 210 g/mol. The fourth-order valence-corrected chi connectivity index (χ4v) is 2.24. The van der Waals surface area contributed by atoms with Crippen molar-refractivity contribution in [2.45, 2.75) is 19.9 Å². The van der Waals surface area contributed by atoms with Gasteiger partial charge in [-0.1, -0.05) is 0 Å². The Morgan fingerprint density at radius 3 is 2.93 bits per heavy atom. The molecule has 1 aliphatic heterocycles. The first-order valence-electron chi connectivity index (χ1n) is 4.29. The topological polar surface area (TPSA) is 58.2 Å². The molecule has 2 heterocycles. The third kappa shape index (κ3) is 1.29. The fourth-order valence-electron chi connectivity index (χ4n) is 1.38. The van der Waals surface area contributed by atoms with E-state index in [1.807, 2.05) is 5.38 Å². The molecular formula is C9H10N2O2S. The quantitative estimate of drug-likeness (QED) is 0.694. The van der Waals surface area contributed by atoms with Gasteiger partial charge in [0.2, 0.25) is 5.91 Å². The van der Waals surface area contributed by atoms with E-state index in [4.69, 9.17) is 0 Å². The van der Waals surface area contributed by atoms with Gasteiger partial charge in [0.25, 0.3) is 0 Å². The second kappa shape index (κ2) is 3.09. The number of rotatable bonds is 1. The van der Waals surface area contributed by atoms with E-state index in [2.05, 4.69) is 10.6 Å². The number of thiophene rings is 1. The van der Waals surface area contributed by atoms with Crippen molar-refractivity contribution in [3.05, 3.63) is 10.3 Å². The van der Waals surface area contributed by atoms with Crippen molar-refractivity contribution in [3.63, 3.8) is 0 Å². The van der Waals surface area contributed by atoms with Crippen molar-refractivity contribution in [3.8, 4) is 0 Å². The molecule has 0 aromatic carbocycles. The molecule has 1 aliphatic rings. The Balaban J connectivity index is 2.45. The largest absolute Gasteiger partial charge is 0.372 e. The molecule has 0 aliphatic carbocycles. The van der Waals surface area contributed by atoms with Gasteiger partial charge in [-0.3, -0.25) is 9.59 Å². The van der Waals surface area contributed by atoms with E-state index in [0.29, 0.717) is 10.6 Å². The molecule has 5 heteroatoms. The molecule has 2 rings (SSSR count). The Kier molecular flexibility index (Phi) is 2.03. The van der Waals surface area contributed by atoms with Crippen molar-refractivity contribution in [1.29, 1.82) is 0 Å². The van der Waals surface area contributed by atoms with Crippen LogP contribution in [-0.4, -0.2) is 17.7 Å². The molecule has 1 aromatic heterocycles. The minimum Gasteiger partial charge on any atom is -0.372 e. The van der Waals surface area contributed by atoms with Crippen LogP contribution in [0.15, 0.2) is 5.38 Å². The molecule has 0 saturated carbocycles. The van der Waals surface area contributed by atoms with Gasteiger partial charge in [-0.05, 0) is 6.92 Å². The predicted molar refractivity (Wildman–Crippen MR) is 56.0 cm³/mol. The monoisotopic (exact) mass is 210 g/mol. The van der Waals surface area contributed by atoms with Crippen molar-refractivity contribution < 1.29 is 9.59 Å². The summed E-state index contributed by atoms with van der Waals surface area (Å²) in [6, 6.07) is -0.239. The second-order valence-electron chi connectivity index (χ2n) is 3.26. The van der Waals surface area contributed by atoms with Crippen LogP contribution < -0.4 is 10.6 Å². The maximum atomic E-state index is 11.3. The van der Waals surface area contributed by atoms with Crippen LogP contribution in [0.25, 0.3) is 0 Å². The smallest absolute Gasteiger partial charge is 0.246 e. The number of nitrogens with one attached hydrogen (secondary N) is 2. The number of anilines is 2. The lowest BCUT2D eigenvalue weighted by Crippen LogP contribution is -2.36. The van der Waals surface area contributed by atoms with E-state index in [9.17, 15) is 9.59 Å². The Morgan fingerprint density at radius 2 is 2.29 bits per heavy atom. The molecule has 0 radical (unpaired) electrons. The van der Waals surface area contributed by atoms with Gasteiger partial charge in [-0.15, -0.1) is 11.3 Å². The first-order valence-corrected chi connectivity index (χ1v) is 5.17.